The molecule has 0 saturated carbocycles. The number of hydrogen-bond acceptors (Lipinski definition) is 2. The summed E-state index contributed by atoms with van der Waals surface area (Å²) < 4.78 is 5.98. The Kier molecular flexibility index (Phi) is 3.73. The lowest BCUT2D eigenvalue weighted by atomic mass is 10.1. The number of nitrogens with zero attached hydrogens (tertiary/aromatic N) is 1. The Morgan fingerprint density at radius 3 is 2.90 bits per heavy atom. The Labute approximate surface area is 120 Å². The fraction of sp³-hybridized carbons (Fsp3) is 0.222. The van der Waals surface area contributed by atoms with Crippen LogP contribution in [-0.2, 0) is 4.74 Å². The summed E-state index contributed by atoms with van der Waals surface area (Å²) in [4.78, 5) is 2.25. The highest BCUT2D eigenvalue weighted by atomic mass is 16.5. The third-order valence-corrected chi connectivity index (χ3v) is 3.66. The van der Waals surface area contributed by atoms with Crippen molar-refractivity contribution in [2.45, 2.75) is 12.8 Å². The van der Waals surface area contributed by atoms with E-state index in [9.17, 15) is 0 Å². The van der Waals surface area contributed by atoms with Gasteiger partial charge in [0, 0.05) is 24.2 Å². The predicted octanol–water partition coefficient (Wildman–Crippen LogP) is 4.20. The summed E-state index contributed by atoms with van der Waals surface area (Å²) in [5.41, 5.74) is 3.83. The quantitative estimate of drug-likeness (QED) is 0.760. The molecular formula is C18H19NO. The Hall–Kier alpha value is -2.22. The van der Waals surface area contributed by atoms with Gasteiger partial charge in [-0.1, -0.05) is 48.1 Å². The van der Waals surface area contributed by atoms with E-state index in [1.807, 2.05) is 12.1 Å². The Balaban J connectivity index is 1.78. The van der Waals surface area contributed by atoms with Crippen LogP contribution >= 0.6 is 0 Å². The van der Waals surface area contributed by atoms with E-state index in [-0.39, 0.29) is 0 Å². The smallest absolute Gasteiger partial charge is 0.161 e. The van der Waals surface area contributed by atoms with Gasteiger partial charge in [-0.25, -0.2) is 0 Å². The van der Waals surface area contributed by atoms with Crippen LogP contribution in [0, 0.1) is 0 Å². The van der Waals surface area contributed by atoms with Crippen LogP contribution in [0.2, 0.25) is 0 Å². The molecular weight excluding hydrogens is 246 g/mol. The molecule has 0 unspecified atom stereocenters. The molecule has 2 aliphatic rings. The van der Waals surface area contributed by atoms with Gasteiger partial charge in [-0.3, -0.25) is 0 Å². The van der Waals surface area contributed by atoms with Crippen molar-refractivity contribution >= 4 is 5.69 Å². The van der Waals surface area contributed by atoms with E-state index >= 15 is 0 Å². The van der Waals surface area contributed by atoms with E-state index in [1.54, 1.807) is 0 Å². The van der Waals surface area contributed by atoms with Crippen molar-refractivity contribution in [2.75, 3.05) is 18.2 Å². The molecule has 0 spiro atoms. The van der Waals surface area contributed by atoms with Gasteiger partial charge in [0.25, 0.3) is 0 Å². The highest BCUT2D eigenvalue weighted by Crippen LogP contribution is 2.29. The van der Waals surface area contributed by atoms with Crippen molar-refractivity contribution < 1.29 is 4.74 Å². The van der Waals surface area contributed by atoms with Crippen LogP contribution in [0.4, 0.5) is 5.69 Å². The molecule has 1 aromatic carbocycles. The molecule has 3 rings (SSSR count). The second-order valence-corrected chi connectivity index (χ2v) is 5.11. The lowest BCUT2D eigenvalue weighted by molar-refractivity contribution is 0.190. The van der Waals surface area contributed by atoms with Crippen molar-refractivity contribution in [1.29, 1.82) is 0 Å². The zero-order chi connectivity index (χ0) is 13.8. The van der Waals surface area contributed by atoms with Crippen molar-refractivity contribution in [3.63, 3.8) is 0 Å². The molecule has 2 heteroatoms. The minimum atomic E-state index is 0.623. The summed E-state index contributed by atoms with van der Waals surface area (Å²) in [6, 6.07) is 10.4. The first-order valence-electron chi connectivity index (χ1n) is 6.98. The minimum absolute atomic E-state index is 0.623. The number of anilines is 1. The monoisotopic (exact) mass is 265 g/mol. The standard InChI is InChI=1S/C18H19NO/c1-2-7-15-8-6-9-16-13-19(14-20-18(16)12-15)17-10-4-3-5-11-17/h2-6,8-11H,1,7,12-14H2. The zero-order valence-electron chi connectivity index (χ0n) is 11.6. The molecule has 1 aliphatic carbocycles. The third-order valence-electron chi connectivity index (χ3n) is 3.66. The van der Waals surface area contributed by atoms with Crippen LogP contribution in [0.3, 0.4) is 0 Å². The molecule has 0 saturated heterocycles. The third kappa shape index (κ3) is 2.69. The molecule has 1 aromatic rings. The SMILES string of the molecule is C=CCC1=CC=CC2=C(C1)OCN(c1ccccc1)C2. The summed E-state index contributed by atoms with van der Waals surface area (Å²) in [7, 11) is 0. The summed E-state index contributed by atoms with van der Waals surface area (Å²) >= 11 is 0. The molecule has 0 fully saturated rings. The largest absolute Gasteiger partial charge is 0.477 e. The lowest BCUT2D eigenvalue weighted by Crippen LogP contribution is -2.32. The maximum absolute atomic E-state index is 5.98. The van der Waals surface area contributed by atoms with Crippen LogP contribution in [0.1, 0.15) is 12.8 Å². The molecule has 20 heavy (non-hydrogen) atoms. The Bertz CT molecular complexity index is 581. The van der Waals surface area contributed by atoms with E-state index in [0.29, 0.717) is 6.73 Å². The summed E-state index contributed by atoms with van der Waals surface area (Å²) in [6.45, 7) is 5.34. The zero-order valence-corrected chi connectivity index (χ0v) is 11.6. The molecule has 102 valence electrons. The number of para-hydroxylation sites is 1. The summed E-state index contributed by atoms with van der Waals surface area (Å²) in [5.74, 6) is 1.11. The summed E-state index contributed by atoms with van der Waals surface area (Å²) in [6.07, 6.45) is 10.2. The highest BCUT2D eigenvalue weighted by molar-refractivity contribution is 5.50. The van der Waals surface area contributed by atoms with E-state index in [2.05, 4.69) is 54.0 Å². The van der Waals surface area contributed by atoms with Gasteiger partial charge in [-0.15, -0.1) is 6.58 Å². The summed E-state index contributed by atoms with van der Waals surface area (Å²) in [5, 5.41) is 0. The maximum Gasteiger partial charge on any atom is 0.161 e. The minimum Gasteiger partial charge on any atom is -0.477 e. The Morgan fingerprint density at radius 1 is 1.25 bits per heavy atom. The van der Waals surface area contributed by atoms with Crippen molar-refractivity contribution in [1.82, 2.24) is 0 Å². The first-order chi connectivity index (χ1) is 9.86. The van der Waals surface area contributed by atoms with Gasteiger partial charge >= 0.3 is 0 Å². The van der Waals surface area contributed by atoms with E-state index in [1.165, 1.54) is 16.8 Å². The first-order valence-corrected chi connectivity index (χ1v) is 6.98. The second-order valence-electron chi connectivity index (χ2n) is 5.11. The van der Waals surface area contributed by atoms with Gasteiger partial charge < -0.3 is 9.64 Å². The van der Waals surface area contributed by atoms with Crippen molar-refractivity contribution in [2.24, 2.45) is 0 Å². The second kappa shape index (κ2) is 5.83. The van der Waals surface area contributed by atoms with Gasteiger partial charge in [0.15, 0.2) is 6.73 Å². The van der Waals surface area contributed by atoms with Gasteiger partial charge in [0.1, 0.15) is 5.76 Å². The number of rotatable bonds is 3. The number of ether oxygens (including phenoxy) is 1. The fourth-order valence-electron chi connectivity index (χ4n) is 2.59. The van der Waals surface area contributed by atoms with Crippen LogP contribution < -0.4 is 4.90 Å². The first kappa shape index (κ1) is 12.8. The molecule has 0 aromatic heterocycles. The fourth-order valence-corrected chi connectivity index (χ4v) is 2.59. The molecule has 1 aliphatic heterocycles. The average Bonchev–Trinajstić information content (AvgIpc) is 2.69. The number of hydrogen-bond donors (Lipinski definition) is 0. The maximum atomic E-state index is 5.98. The van der Waals surface area contributed by atoms with E-state index in [0.717, 1.165) is 25.1 Å². The average molecular weight is 265 g/mol. The lowest BCUT2D eigenvalue weighted by Gasteiger charge is -2.31. The molecule has 0 amide bonds. The van der Waals surface area contributed by atoms with Crippen LogP contribution in [0.5, 0.6) is 0 Å². The van der Waals surface area contributed by atoms with Gasteiger partial charge in [-0.2, -0.15) is 0 Å². The molecule has 0 bridgehead atoms. The van der Waals surface area contributed by atoms with Crippen molar-refractivity contribution in [3.8, 4) is 0 Å². The molecule has 0 radical (unpaired) electrons. The predicted molar refractivity (Wildman–Crippen MR) is 83.4 cm³/mol. The van der Waals surface area contributed by atoms with Gasteiger partial charge in [-0.05, 0) is 18.6 Å². The molecule has 0 atom stereocenters. The van der Waals surface area contributed by atoms with Crippen LogP contribution in [0.25, 0.3) is 0 Å². The number of allylic oxidation sites excluding steroid dienone is 4. The van der Waals surface area contributed by atoms with Gasteiger partial charge in [0.05, 0.1) is 0 Å². The Morgan fingerprint density at radius 2 is 2.10 bits per heavy atom. The van der Waals surface area contributed by atoms with Crippen molar-refractivity contribution in [3.05, 3.63) is 78.1 Å². The van der Waals surface area contributed by atoms with E-state index in [4.69, 9.17) is 4.74 Å². The van der Waals surface area contributed by atoms with Crippen LogP contribution in [-0.4, -0.2) is 13.3 Å². The van der Waals surface area contributed by atoms with E-state index < -0.39 is 0 Å². The van der Waals surface area contributed by atoms with Gasteiger partial charge in [0.2, 0.25) is 0 Å². The molecule has 2 nitrogen and oxygen atoms in total. The number of benzene rings is 1. The normalized spacial score (nSPS) is 18.0. The van der Waals surface area contributed by atoms with Crippen LogP contribution in [0.15, 0.2) is 78.1 Å². The topological polar surface area (TPSA) is 12.5 Å². The molecule has 0 N–H and O–H groups in total. The highest BCUT2D eigenvalue weighted by Gasteiger charge is 2.20. The molecule has 1 heterocycles.